The van der Waals surface area contributed by atoms with Gasteiger partial charge in [-0.25, -0.2) is 4.98 Å². The zero-order valence-electron chi connectivity index (χ0n) is 13.0. The summed E-state index contributed by atoms with van der Waals surface area (Å²) in [6.45, 7) is 2.13. The van der Waals surface area contributed by atoms with Gasteiger partial charge in [0.1, 0.15) is 5.01 Å². The number of nitro groups is 1. The van der Waals surface area contributed by atoms with Crippen molar-refractivity contribution < 1.29 is 21.9 Å². The summed E-state index contributed by atoms with van der Waals surface area (Å²) in [5.74, 6) is 0. The molecule has 0 unspecified atom stereocenters. The van der Waals surface area contributed by atoms with Gasteiger partial charge in [-0.2, -0.15) is 0 Å². The van der Waals surface area contributed by atoms with E-state index in [0.29, 0.717) is 0 Å². The summed E-state index contributed by atoms with van der Waals surface area (Å²) in [4.78, 5) is 19.3. The maximum atomic E-state index is 10.7. The quantitative estimate of drug-likeness (QED) is 0.479. The van der Waals surface area contributed by atoms with E-state index in [1.165, 1.54) is 12.1 Å². The molecule has 1 aromatic carbocycles. The van der Waals surface area contributed by atoms with Gasteiger partial charge in [0, 0.05) is 40.5 Å². The van der Waals surface area contributed by atoms with E-state index in [1.807, 2.05) is 17.6 Å². The number of non-ortho nitro benzene ring substituents is 1. The van der Waals surface area contributed by atoms with E-state index in [4.69, 9.17) is 0 Å². The van der Waals surface area contributed by atoms with E-state index in [-0.39, 0.29) is 22.7 Å². The Morgan fingerprint density at radius 1 is 1.17 bits per heavy atom. The van der Waals surface area contributed by atoms with Crippen LogP contribution < -0.4 is 17.0 Å². The van der Waals surface area contributed by atoms with E-state index in [1.54, 1.807) is 23.5 Å². The molecular formula is C17H15BrN3O2S-. The van der Waals surface area contributed by atoms with Crippen molar-refractivity contribution in [2.75, 3.05) is 0 Å². The Balaban J connectivity index is 0.00000208. The fourth-order valence-electron chi connectivity index (χ4n) is 2.30. The van der Waals surface area contributed by atoms with Crippen molar-refractivity contribution in [3.8, 4) is 21.8 Å². The minimum absolute atomic E-state index is 0. The average molecular weight is 405 g/mol. The Morgan fingerprint density at radius 2 is 1.92 bits per heavy atom. The molecule has 0 saturated heterocycles. The van der Waals surface area contributed by atoms with E-state index in [9.17, 15) is 10.1 Å². The molecule has 0 amide bonds. The summed E-state index contributed by atoms with van der Waals surface area (Å²) >= 11 is 1.56. The number of nitrogens with zero attached hydrogens (tertiary/aromatic N) is 3. The van der Waals surface area contributed by atoms with Gasteiger partial charge in [-0.1, -0.05) is 13.3 Å². The van der Waals surface area contributed by atoms with Gasteiger partial charge in [-0.05, 0) is 30.7 Å². The van der Waals surface area contributed by atoms with Crippen LogP contribution in [0.25, 0.3) is 21.8 Å². The van der Waals surface area contributed by atoms with Crippen LogP contribution in [0.5, 0.6) is 0 Å². The van der Waals surface area contributed by atoms with Gasteiger partial charge < -0.3 is 17.0 Å². The lowest BCUT2D eigenvalue weighted by molar-refractivity contribution is -0.384. The van der Waals surface area contributed by atoms with Crippen LogP contribution >= 0.6 is 11.3 Å². The molecule has 0 aliphatic carbocycles. The van der Waals surface area contributed by atoms with Crippen LogP contribution in [0.15, 0.2) is 48.0 Å². The molecule has 7 heteroatoms. The van der Waals surface area contributed by atoms with Crippen LogP contribution in [0.1, 0.15) is 19.0 Å². The first-order valence-electron chi connectivity index (χ1n) is 7.33. The highest BCUT2D eigenvalue weighted by Crippen LogP contribution is 2.29. The minimum Gasteiger partial charge on any atom is -1.00 e. The van der Waals surface area contributed by atoms with Gasteiger partial charge in [0.25, 0.3) is 5.69 Å². The Morgan fingerprint density at radius 3 is 2.58 bits per heavy atom. The summed E-state index contributed by atoms with van der Waals surface area (Å²) in [6.07, 6.45) is 3.82. The fourth-order valence-corrected chi connectivity index (χ4v) is 3.12. The van der Waals surface area contributed by atoms with Crippen molar-refractivity contribution in [3.63, 3.8) is 0 Å². The van der Waals surface area contributed by atoms with Crippen LogP contribution in [-0.2, 0) is 6.42 Å². The molecule has 3 rings (SSSR count). The van der Waals surface area contributed by atoms with E-state index < -0.39 is 4.92 Å². The summed E-state index contributed by atoms with van der Waals surface area (Å²) < 4.78 is 0. The second kappa shape index (κ2) is 8.12. The van der Waals surface area contributed by atoms with Crippen molar-refractivity contribution in [2.24, 2.45) is 0 Å². The van der Waals surface area contributed by atoms with Gasteiger partial charge in [0.2, 0.25) is 0 Å². The molecule has 0 fully saturated rings. The molecule has 3 aromatic rings. The Hall–Kier alpha value is -2.12. The summed E-state index contributed by atoms with van der Waals surface area (Å²) in [6, 6.07) is 10.5. The highest BCUT2D eigenvalue weighted by Gasteiger charge is 2.10. The molecule has 0 radical (unpaired) electrons. The molecule has 24 heavy (non-hydrogen) atoms. The normalized spacial score (nSPS) is 10.2. The van der Waals surface area contributed by atoms with Gasteiger partial charge in [-0.3, -0.25) is 15.1 Å². The molecule has 0 N–H and O–H groups in total. The van der Waals surface area contributed by atoms with Gasteiger partial charge in [0.05, 0.1) is 10.6 Å². The Kier molecular flexibility index (Phi) is 6.16. The molecule has 2 aromatic heterocycles. The monoisotopic (exact) mass is 404 g/mol. The summed E-state index contributed by atoms with van der Waals surface area (Å²) in [5, 5.41) is 13.6. The Labute approximate surface area is 154 Å². The number of nitro benzene ring substituents is 1. The summed E-state index contributed by atoms with van der Waals surface area (Å²) in [7, 11) is 0. The third kappa shape index (κ3) is 4.04. The molecule has 0 saturated carbocycles. The highest BCUT2D eigenvalue weighted by molar-refractivity contribution is 7.13. The molecule has 0 atom stereocenters. The summed E-state index contributed by atoms with van der Waals surface area (Å²) in [5.41, 5.74) is 3.91. The van der Waals surface area contributed by atoms with Crippen molar-refractivity contribution in [3.05, 3.63) is 63.8 Å². The first kappa shape index (κ1) is 18.2. The molecule has 0 bridgehead atoms. The zero-order valence-corrected chi connectivity index (χ0v) is 15.4. The van der Waals surface area contributed by atoms with Crippen LogP contribution in [0, 0.1) is 10.1 Å². The molecule has 0 spiro atoms. The van der Waals surface area contributed by atoms with Crippen molar-refractivity contribution in [1.29, 1.82) is 0 Å². The lowest BCUT2D eigenvalue weighted by atomic mass is 10.1. The zero-order chi connectivity index (χ0) is 16.2. The number of hydrogen-bond donors (Lipinski definition) is 0. The van der Waals surface area contributed by atoms with Crippen LogP contribution in [-0.4, -0.2) is 14.9 Å². The second-order valence-corrected chi connectivity index (χ2v) is 5.99. The number of rotatable bonds is 5. The standard InChI is InChI=1S/C17H15N3O2S.BrH/c1-2-3-14-10-13(8-9-18-14)17-19-16(11-23-17)12-4-6-15(7-5-12)20(21)22;/h4-11H,2-3H2,1H3;1H/p-1. The highest BCUT2D eigenvalue weighted by atomic mass is 79.9. The average Bonchev–Trinajstić information content (AvgIpc) is 3.05. The number of halogens is 1. The van der Waals surface area contributed by atoms with Crippen molar-refractivity contribution in [1.82, 2.24) is 9.97 Å². The van der Waals surface area contributed by atoms with E-state index in [2.05, 4.69) is 23.0 Å². The third-order valence-corrected chi connectivity index (χ3v) is 4.34. The lowest BCUT2D eigenvalue weighted by Crippen LogP contribution is -3.00. The first-order chi connectivity index (χ1) is 11.2. The van der Waals surface area contributed by atoms with Crippen molar-refractivity contribution in [2.45, 2.75) is 19.8 Å². The number of benzene rings is 1. The largest absolute Gasteiger partial charge is 1.00 e. The number of aryl methyl sites for hydroxylation is 1. The van der Waals surface area contributed by atoms with Crippen LogP contribution in [0.4, 0.5) is 5.69 Å². The molecule has 0 aliphatic rings. The smallest absolute Gasteiger partial charge is 0.269 e. The Bertz CT molecular complexity index is 834. The molecule has 5 nitrogen and oxygen atoms in total. The second-order valence-electron chi connectivity index (χ2n) is 5.13. The maximum Gasteiger partial charge on any atom is 0.269 e. The topological polar surface area (TPSA) is 68.9 Å². The van der Waals surface area contributed by atoms with Gasteiger partial charge >= 0.3 is 0 Å². The molecule has 0 aliphatic heterocycles. The fraction of sp³-hybridized carbons (Fsp3) is 0.176. The SMILES string of the molecule is CCCc1cc(-c2nc(-c3ccc([N+](=O)[O-])cc3)cs2)ccn1.[Br-]. The minimum atomic E-state index is -0.400. The van der Waals surface area contributed by atoms with E-state index in [0.717, 1.165) is 40.4 Å². The van der Waals surface area contributed by atoms with Gasteiger partial charge in [-0.15, -0.1) is 11.3 Å². The maximum absolute atomic E-state index is 10.7. The van der Waals surface area contributed by atoms with Crippen LogP contribution in [0.3, 0.4) is 0 Å². The molecule has 2 heterocycles. The number of pyridine rings is 1. The predicted molar refractivity (Wildman–Crippen MR) is 91.4 cm³/mol. The number of aromatic nitrogens is 2. The number of thiazole rings is 1. The van der Waals surface area contributed by atoms with Crippen LogP contribution in [0.2, 0.25) is 0 Å². The first-order valence-corrected chi connectivity index (χ1v) is 8.21. The molecular weight excluding hydrogens is 390 g/mol. The van der Waals surface area contributed by atoms with Crippen molar-refractivity contribution >= 4 is 17.0 Å². The number of hydrogen-bond acceptors (Lipinski definition) is 5. The van der Waals surface area contributed by atoms with E-state index >= 15 is 0 Å². The van der Waals surface area contributed by atoms with Gasteiger partial charge in [0.15, 0.2) is 0 Å². The molecule has 124 valence electrons. The third-order valence-electron chi connectivity index (χ3n) is 3.45. The predicted octanol–water partition coefficient (Wildman–Crippen LogP) is 1.74. The lowest BCUT2D eigenvalue weighted by Gasteiger charge is -2.00.